The van der Waals surface area contributed by atoms with E-state index in [1.165, 1.54) is 5.56 Å². The molecule has 0 nitrogen and oxygen atoms in total. The molecular weight excluding hydrogens is 131 g/mol. The zero-order valence-electron chi connectivity index (χ0n) is 7.25. The average molecular weight is 145 g/mol. The highest BCUT2D eigenvalue weighted by molar-refractivity contribution is 6.31. The lowest BCUT2D eigenvalue weighted by Gasteiger charge is -1.85. The average Bonchev–Trinajstić information content (AvgIpc) is 2.08. The van der Waals surface area contributed by atoms with Crippen LogP contribution >= 0.6 is 0 Å². The van der Waals surface area contributed by atoms with Crippen molar-refractivity contribution in [1.29, 1.82) is 0 Å². The fourth-order valence-corrected chi connectivity index (χ4v) is 0.589. The molecule has 0 aliphatic carbocycles. The van der Waals surface area contributed by atoms with E-state index in [1.54, 1.807) is 0 Å². The first-order valence-corrected chi connectivity index (χ1v) is 3.76. The molecule has 1 radical (unpaired) electrons. The summed E-state index contributed by atoms with van der Waals surface area (Å²) in [5.74, 6) is 0. The molecule has 57 valence electrons. The number of hydrogen-bond acceptors (Lipinski definition) is 0. The first-order valence-electron chi connectivity index (χ1n) is 3.76. The fraction of sp³-hybridized carbons (Fsp3) is 0.200. The molecule has 0 aliphatic heterocycles. The Labute approximate surface area is 70.2 Å². The van der Waals surface area contributed by atoms with Gasteiger partial charge in [0.15, 0.2) is 0 Å². The van der Waals surface area contributed by atoms with Crippen molar-refractivity contribution in [2.75, 3.05) is 0 Å². The first kappa shape index (κ1) is 10.0. The molecule has 1 rings (SSSR count). The van der Waals surface area contributed by atoms with E-state index in [-0.39, 0.29) is 0 Å². The second-order valence-corrected chi connectivity index (χ2v) is 2.19. The molecule has 0 unspecified atom stereocenters. The summed E-state index contributed by atoms with van der Waals surface area (Å²) in [5, 5.41) is 0. The molecular formula is C10H14B. The second-order valence-electron chi connectivity index (χ2n) is 2.19. The molecule has 1 aromatic rings. The summed E-state index contributed by atoms with van der Waals surface area (Å²) < 4.78 is 0. The predicted molar refractivity (Wildman–Crippen MR) is 54.0 cm³/mol. The second kappa shape index (κ2) is 7.14. The van der Waals surface area contributed by atoms with E-state index >= 15 is 0 Å². The molecule has 1 heteroatoms. The molecule has 11 heavy (non-hydrogen) atoms. The lowest BCUT2D eigenvalue weighted by molar-refractivity contribution is 1.67. The van der Waals surface area contributed by atoms with Crippen LogP contribution in [0.2, 0.25) is 13.6 Å². The Morgan fingerprint density at radius 1 is 1.18 bits per heavy atom. The number of hydrogen-bond donors (Lipinski definition) is 0. The molecule has 0 N–H and O–H groups in total. The Morgan fingerprint density at radius 3 is 1.91 bits per heavy atom. The van der Waals surface area contributed by atoms with Crippen LogP contribution in [-0.2, 0) is 0 Å². The lowest BCUT2D eigenvalue weighted by atomic mass is 9.88. The van der Waals surface area contributed by atoms with E-state index in [0.717, 1.165) is 0 Å². The van der Waals surface area contributed by atoms with E-state index in [4.69, 9.17) is 0 Å². The summed E-state index contributed by atoms with van der Waals surface area (Å²) in [6, 6.07) is 10.0. The Balaban J connectivity index is 0.000000292. The molecule has 0 spiro atoms. The van der Waals surface area contributed by atoms with Gasteiger partial charge in [-0.3, -0.25) is 0 Å². The molecule has 0 bridgehead atoms. The van der Waals surface area contributed by atoms with E-state index in [9.17, 15) is 0 Å². The smallest absolute Gasteiger partial charge is 0.0985 e. The van der Waals surface area contributed by atoms with Crippen molar-refractivity contribution in [1.82, 2.24) is 0 Å². The summed E-state index contributed by atoms with van der Waals surface area (Å²) in [6.45, 7) is 7.63. The molecule has 1 aromatic carbocycles. The summed E-state index contributed by atoms with van der Waals surface area (Å²) in [5.41, 5.74) is 1.17. The SMILES string of the molecule is C=Cc1ccccc1.C[B]C. The summed E-state index contributed by atoms with van der Waals surface area (Å²) in [7, 11) is 2.00. The fourth-order valence-electron chi connectivity index (χ4n) is 0.589. The third-order valence-electron chi connectivity index (χ3n) is 1.04. The maximum absolute atomic E-state index is 3.63. The van der Waals surface area contributed by atoms with Crippen LogP contribution < -0.4 is 0 Å². The van der Waals surface area contributed by atoms with Gasteiger partial charge in [0.05, 0.1) is 0 Å². The summed E-state index contributed by atoms with van der Waals surface area (Å²) in [4.78, 5) is 0. The maximum atomic E-state index is 3.63. The molecule has 0 saturated carbocycles. The molecule has 0 fully saturated rings. The van der Waals surface area contributed by atoms with Crippen molar-refractivity contribution >= 4 is 13.4 Å². The van der Waals surface area contributed by atoms with Gasteiger partial charge < -0.3 is 0 Å². The quantitative estimate of drug-likeness (QED) is 0.532. The van der Waals surface area contributed by atoms with Crippen molar-refractivity contribution in [2.45, 2.75) is 13.6 Å². The van der Waals surface area contributed by atoms with Crippen LogP contribution in [0.1, 0.15) is 5.56 Å². The highest BCUT2D eigenvalue weighted by Gasteiger charge is 1.75. The Kier molecular flexibility index (Phi) is 6.50. The molecule has 0 atom stereocenters. The Morgan fingerprint density at radius 2 is 1.64 bits per heavy atom. The Bertz CT molecular complexity index is 179. The van der Waals surface area contributed by atoms with Crippen LogP contribution in [0.5, 0.6) is 0 Å². The van der Waals surface area contributed by atoms with Gasteiger partial charge >= 0.3 is 0 Å². The molecule has 0 saturated heterocycles. The van der Waals surface area contributed by atoms with Crippen molar-refractivity contribution in [3.8, 4) is 0 Å². The topological polar surface area (TPSA) is 0 Å². The standard InChI is InChI=1S/C8H8.C2H6B/c1-2-8-6-4-3-5-7-8;1-3-2/h2-7H,1H2;1-2H3. The number of benzene rings is 1. The summed E-state index contributed by atoms with van der Waals surface area (Å²) in [6.07, 6.45) is 1.83. The van der Waals surface area contributed by atoms with E-state index < -0.39 is 0 Å². The largest absolute Gasteiger partial charge is 0.102 e. The minimum atomic E-state index is 1.17. The third kappa shape index (κ3) is 5.47. The van der Waals surface area contributed by atoms with Crippen LogP contribution in [0.3, 0.4) is 0 Å². The van der Waals surface area contributed by atoms with Crippen LogP contribution in [0.4, 0.5) is 0 Å². The van der Waals surface area contributed by atoms with E-state index in [0.29, 0.717) is 0 Å². The minimum Gasteiger partial charge on any atom is -0.0985 e. The van der Waals surface area contributed by atoms with Crippen molar-refractivity contribution < 1.29 is 0 Å². The summed E-state index contributed by atoms with van der Waals surface area (Å²) >= 11 is 0. The van der Waals surface area contributed by atoms with Gasteiger partial charge in [0.2, 0.25) is 0 Å². The van der Waals surface area contributed by atoms with Crippen LogP contribution in [0, 0.1) is 0 Å². The monoisotopic (exact) mass is 145 g/mol. The van der Waals surface area contributed by atoms with Gasteiger partial charge in [-0.15, -0.1) is 0 Å². The molecule has 0 amide bonds. The van der Waals surface area contributed by atoms with E-state index in [1.807, 2.05) is 57.3 Å². The normalized spacial score (nSPS) is 7.45. The van der Waals surface area contributed by atoms with Crippen molar-refractivity contribution in [3.63, 3.8) is 0 Å². The number of rotatable bonds is 1. The van der Waals surface area contributed by atoms with Crippen molar-refractivity contribution in [2.24, 2.45) is 0 Å². The zero-order valence-corrected chi connectivity index (χ0v) is 7.25. The lowest BCUT2D eigenvalue weighted by Crippen LogP contribution is -1.63. The molecule has 0 aliphatic rings. The van der Waals surface area contributed by atoms with E-state index in [2.05, 4.69) is 6.58 Å². The molecule has 0 aromatic heterocycles. The minimum absolute atomic E-state index is 1.17. The Hall–Kier alpha value is -0.975. The van der Waals surface area contributed by atoms with Gasteiger partial charge in [-0.25, -0.2) is 0 Å². The van der Waals surface area contributed by atoms with Gasteiger partial charge in [-0.05, 0) is 5.56 Å². The van der Waals surface area contributed by atoms with Crippen molar-refractivity contribution in [3.05, 3.63) is 42.5 Å². The van der Waals surface area contributed by atoms with Gasteiger partial charge in [-0.2, -0.15) is 0 Å². The molecule has 0 heterocycles. The zero-order chi connectivity index (χ0) is 8.53. The predicted octanol–water partition coefficient (Wildman–Crippen LogP) is 3.12. The van der Waals surface area contributed by atoms with Crippen LogP contribution in [0.25, 0.3) is 6.08 Å². The van der Waals surface area contributed by atoms with Gasteiger partial charge in [-0.1, -0.05) is 56.6 Å². The first-order chi connectivity index (χ1) is 5.35. The van der Waals surface area contributed by atoms with Gasteiger partial charge in [0.25, 0.3) is 0 Å². The van der Waals surface area contributed by atoms with Gasteiger partial charge in [0.1, 0.15) is 7.28 Å². The van der Waals surface area contributed by atoms with Crippen LogP contribution in [0.15, 0.2) is 36.9 Å². The van der Waals surface area contributed by atoms with Crippen LogP contribution in [-0.4, -0.2) is 7.28 Å². The van der Waals surface area contributed by atoms with Gasteiger partial charge in [0, 0.05) is 0 Å². The third-order valence-corrected chi connectivity index (χ3v) is 1.04. The maximum Gasteiger partial charge on any atom is 0.102 e. The highest BCUT2D eigenvalue weighted by Crippen LogP contribution is 1.97. The highest BCUT2D eigenvalue weighted by atomic mass is 13.8.